The van der Waals surface area contributed by atoms with Gasteiger partial charge < -0.3 is 14.2 Å². The maximum Gasteiger partial charge on any atom is 0.305 e. The third kappa shape index (κ3) is 3.87. The van der Waals surface area contributed by atoms with E-state index in [1.807, 2.05) is 13.2 Å². The van der Waals surface area contributed by atoms with Crippen LogP contribution in [0.15, 0.2) is 16.7 Å². The highest BCUT2D eigenvalue weighted by Gasteiger charge is 2.15. The molecule has 0 aliphatic carbocycles. The van der Waals surface area contributed by atoms with E-state index in [-0.39, 0.29) is 11.9 Å². The largest absolute Gasteiger partial charge is 0.469 e. The summed E-state index contributed by atoms with van der Waals surface area (Å²) < 4.78 is 7.19. The summed E-state index contributed by atoms with van der Waals surface area (Å²) in [5, 5.41) is 0. The molecule has 0 spiro atoms. The summed E-state index contributed by atoms with van der Waals surface area (Å²) in [5.41, 5.74) is 0.613. The van der Waals surface area contributed by atoms with Crippen LogP contribution in [0.3, 0.4) is 0 Å². The lowest BCUT2D eigenvalue weighted by Gasteiger charge is -2.17. The van der Waals surface area contributed by atoms with Crippen LogP contribution in [0.4, 0.5) is 0 Å². The average Bonchev–Trinajstić information content (AvgIpc) is 2.67. The van der Waals surface area contributed by atoms with Gasteiger partial charge >= 0.3 is 5.97 Å². The first-order valence-corrected chi connectivity index (χ1v) is 6.39. The van der Waals surface area contributed by atoms with Crippen LogP contribution in [0.2, 0.25) is 0 Å². The van der Waals surface area contributed by atoms with Crippen LogP contribution in [0.5, 0.6) is 0 Å². The second kappa shape index (κ2) is 6.58. The predicted molar refractivity (Wildman–Crippen MR) is 71.3 cm³/mol. The van der Waals surface area contributed by atoms with Gasteiger partial charge in [-0.2, -0.15) is 0 Å². The first-order valence-electron chi connectivity index (χ1n) is 5.60. The van der Waals surface area contributed by atoms with Crippen LogP contribution in [0.25, 0.3) is 0 Å². The molecule has 100 valence electrons. The number of methoxy groups -OCH3 is 1. The fraction of sp³-hybridized carbons (Fsp3) is 0.500. The molecule has 6 heteroatoms. The fourth-order valence-corrected chi connectivity index (χ4v) is 2.12. The second-order valence-corrected chi connectivity index (χ2v) is 4.98. The predicted octanol–water partition coefficient (Wildman–Crippen LogP) is 1.81. The Kier molecular flexibility index (Phi) is 5.40. The minimum Gasteiger partial charge on any atom is -0.469 e. The molecule has 1 heterocycles. The molecule has 0 saturated heterocycles. The number of halogens is 1. The summed E-state index contributed by atoms with van der Waals surface area (Å²) in [6.45, 7) is 0.525. The molecule has 0 aliphatic rings. The molecule has 0 aromatic carbocycles. The van der Waals surface area contributed by atoms with Crippen molar-refractivity contribution in [3.05, 3.63) is 22.4 Å². The summed E-state index contributed by atoms with van der Waals surface area (Å²) in [6.07, 6.45) is 2.75. The zero-order valence-corrected chi connectivity index (χ0v) is 12.4. The highest BCUT2D eigenvalue weighted by molar-refractivity contribution is 9.10. The number of esters is 1. The highest BCUT2D eigenvalue weighted by atomic mass is 79.9. The molecule has 0 unspecified atom stereocenters. The molecule has 18 heavy (non-hydrogen) atoms. The van der Waals surface area contributed by atoms with Gasteiger partial charge in [-0.15, -0.1) is 0 Å². The first kappa shape index (κ1) is 14.8. The van der Waals surface area contributed by atoms with E-state index >= 15 is 0 Å². The molecule has 1 aromatic heterocycles. The maximum absolute atomic E-state index is 12.1. The van der Waals surface area contributed by atoms with E-state index in [0.29, 0.717) is 25.1 Å². The third-order valence-corrected chi connectivity index (χ3v) is 3.07. The number of nitrogens with zero attached hydrogens (tertiary/aromatic N) is 2. The molecule has 0 atom stereocenters. The van der Waals surface area contributed by atoms with Gasteiger partial charge in [0.15, 0.2) is 0 Å². The van der Waals surface area contributed by atoms with Gasteiger partial charge in [-0.05, 0) is 28.4 Å². The zero-order valence-electron chi connectivity index (χ0n) is 10.8. The molecule has 1 aromatic rings. The summed E-state index contributed by atoms with van der Waals surface area (Å²) >= 11 is 3.33. The summed E-state index contributed by atoms with van der Waals surface area (Å²) in [6, 6.07) is 1.78. The van der Waals surface area contributed by atoms with Crippen molar-refractivity contribution in [3.8, 4) is 0 Å². The van der Waals surface area contributed by atoms with Crippen LogP contribution in [-0.4, -0.2) is 42.0 Å². The molecule has 1 amide bonds. The van der Waals surface area contributed by atoms with E-state index in [9.17, 15) is 9.59 Å². The number of aryl methyl sites for hydroxylation is 1. The number of rotatable bonds is 5. The number of hydrogen-bond donors (Lipinski definition) is 0. The van der Waals surface area contributed by atoms with Crippen molar-refractivity contribution in [2.24, 2.45) is 7.05 Å². The highest BCUT2D eigenvalue weighted by Crippen LogP contribution is 2.15. The minimum absolute atomic E-state index is 0.0620. The van der Waals surface area contributed by atoms with Crippen LogP contribution in [0.1, 0.15) is 23.3 Å². The Morgan fingerprint density at radius 2 is 2.17 bits per heavy atom. The maximum atomic E-state index is 12.1. The summed E-state index contributed by atoms with van der Waals surface area (Å²) in [4.78, 5) is 24.6. The Hall–Kier alpha value is -1.30. The topological polar surface area (TPSA) is 51.5 Å². The Morgan fingerprint density at radius 1 is 1.50 bits per heavy atom. The lowest BCUT2D eigenvalue weighted by molar-refractivity contribution is -0.140. The van der Waals surface area contributed by atoms with Gasteiger partial charge in [0.1, 0.15) is 5.69 Å². The van der Waals surface area contributed by atoms with Gasteiger partial charge in [0.25, 0.3) is 5.91 Å². The van der Waals surface area contributed by atoms with E-state index < -0.39 is 0 Å². The van der Waals surface area contributed by atoms with Gasteiger partial charge in [0.05, 0.1) is 7.11 Å². The number of carbonyl (C=O) groups excluding carboxylic acids is 2. The van der Waals surface area contributed by atoms with Crippen molar-refractivity contribution >= 4 is 27.8 Å². The van der Waals surface area contributed by atoms with Gasteiger partial charge in [-0.1, -0.05) is 0 Å². The SMILES string of the molecule is COC(=O)CCCN(C)C(=O)c1cc(Br)cn1C. The molecule has 0 bridgehead atoms. The lowest BCUT2D eigenvalue weighted by Crippen LogP contribution is -2.29. The zero-order chi connectivity index (χ0) is 13.7. The van der Waals surface area contributed by atoms with E-state index in [0.717, 1.165) is 4.47 Å². The van der Waals surface area contributed by atoms with E-state index in [2.05, 4.69) is 20.7 Å². The standard InChI is InChI=1S/C12H17BrN2O3/c1-14(6-4-5-11(16)18-3)12(17)10-7-9(13)8-15(10)2/h7-8H,4-6H2,1-3H3. The smallest absolute Gasteiger partial charge is 0.305 e. The van der Waals surface area contributed by atoms with Crippen molar-refractivity contribution in [2.45, 2.75) is 12.8 Å². The van der Waals surface area contributed by atoms with Crippen LogP contribution < -0.4 is 0 Å². The van der Waals surface area contributed by atoms with E-state index in [1.165, 1.54) is 7.11 Å². The minimum atomic E-state index is -0.252. The van der Waals surface area contributed by atoms with Gasteiger partial charge in [-0.25, -0.2) is 0 Å². The molecular formula is C12H17BrN2O3. The van der Waals surface area contributed by atoms with Gasteiger partial charge in [-0.3, -0.25) is 9.59 Å². The molecule has 0 fully saturated rings. The molecule has 5 nitrogen and oxygen atoms in total. The summed E-state index contributed by atoms with van der Waals surface area (Å²) in [5.74, 6) is -0.314. The Morgan fingerprint density at radius 3 is 2.67 bits per heavy atom. The van der Waals surface area contributed by atoms with Crippen LogP contribution in [-0.2, 0) is 16.6 Å². The summed E-state index contributed by atoms with van der Waals surface area (Å²) in [7, 11) is 4.90. The molecule has 0 radical (unpaired) electrons. The van der Waals surface area contributed by atoms with E-state index in [1.54, 1.807) is 22.6 Å². The molecule has 0 aliphatic heterocycles. The fourth-order valence-electron chi connectivity index (χ4n) is 1.60. The Balaban J connectivity index is 2.51. The van der Waals surface area contributed by atoms with Crippen molar-refractivity contribution < 1.29 is 14.3 Å². The Labute approximate surface area is 115 Å². The van der Waals surface area contributed by atoms with Crippen molar-refractivity contribution in [1.29, 1.82) is 0 Å². The number of hydrogen-bond acceptors (Lipinski definition) is 3. The number of carbonyl (C=O) groups is 2. The van der Waals surface area contributed by atoms with Crippen molar-refractivity contribution in [2.75, 3.05) is 20.7 Å². The molecular weight excluding hydrogens is 300 g/mol. The van der Waals surface area contributed by atoms with Crippen molar-refractivity contribution in [3.63, 3.8) is 0 Å². The third-order valence-electron chi connectivity index (χ3n) is 2.64. The number of aromatic nitrogens is 1. The lowest BCUT2D eigenvalue weighted by atomic mass is 10.3. The molecule has 0 N–H and O–H groups in total. The average molecular weight is 317 g/mol. The van der Waals surface area contributed by atoms with Gasteiger partial charge in [0, 0.05) is 37.7 Å². The second-order valence-electron chi connectivity index (χ2n) is 4.06. The van der Waals surface area contributed by atoms with Crippen molar-refractivity contribution in [1.82, 2.24) is 9.47 Å². The molecule has 1 rings (SSSR count). The number of ether oxygens (including phenoxy) is 1. The van der Waals surface area contributed by atoms with Crippen LogP contribution >= 0.6 is 15.9 Å². The van der Waals surface area contributed by atoms with E-state index in [4.69, 9.17) is 0 Å². The first-order chi connectivity index (χ1) is 8.45. The quantitative estimate of drug-likeness (QED) is 0.778. The number of amides is 1. The normalized spacial score (nSPS) is 10.2. The van der Waals surface area contributed by atoms with Gasteiger partial charge in [0.2, 0.25) is 0 Å². The monoisotopic (exact) mass is 316 g/mol. The molecule has 0 saturated carbocycles. The Bertz CT molecular complexity index is 443. The van der Waals surface area contributed by atoms with Crippen LogP contribution in [0, 0.1) is 0 Å².